The van der Waals surface area contributed by atoms with E-state index in [1.54, 1.807) is 6.92 Å². The van der Waals surface area contributed by atoms with Gasteiger partial charge in [-0.15, -0.1) is 0 Å². The maximum atomic E-state index is 12.8. The molecule has 1 aromatic heterocycles. The van der Waals surface area contributed by atoms with E-state index < -0.39 is 11.8 Å². The number of carbonyl (C=O) groups excluding carboxylic acids is 2. The number of hydrazine groups is 1. The van der Waals surface area contributed by atoms with Crippen LogP contribution < -0.4 is 10.9 Å². The minimum absolute atomic E-state index is 0.0316. The molecule has 116 valence electrons. The Labute approximate surface area is 126 Å². The highest BCUT2D eigenvalue weighted by atomic mass is 19.1. The second kappa shape index (κ2) is 6.84. The van der Waals surface area contributed by atoms with Gasteiger partial charge < -0.3 is 4.52 Å². The van der Waals surface area contributed by atoms with Crippen LogP contribution in [0, 0.1) is 12.7 Å². The van der Waals surface area contributed by atoms with E-state index in [-0.39, 0.29) is 12.2 Å². The predicted molar refractivity (Wildman–Crippen MR) is 76.3 cm³/mol. The molecule has 2 amide bonds. The van der Waals surface area contributed by atoms with Crippen LogP contribution in [0.3, 0.4) is 0 Å². The lowest BCUT2D eigenvalue weighted by atomic mass is 10.1. The fraction of sp³-hybridized carbons (Fsp3) is 0.267. The maximum Gasteiger partial charge on any atom is 0.275 e. The molecular weight excluding hydrogens is 289 g/mol. The smallest absolute Gasteiger partial charge is 0.275 e. The van der Waals surface area contributed by atoms with Gasteiger partial charge in [0.1, 0.15) is 17.1 Å². The van der Waals surface area contributed by atoms with Crippen LogP contribution in [0.25, 0.3) is 0 Å². The van der Waals surface area contributed by atoms with Crippen molar-refractivity contribution in [3.8, 4) is 0 Å². The topological polar surface area (TPSA) is 84.2 Å². The number of hydrogen-bond donors (Lipinski definition) is 2. The molecule has 0 atom stereocenters. The van der Waals surface area contributed by atoms with Gasteiger partial charge in [0.05, 0.1) is 12.1 Å². The number of amides is 2. The fourth-order valence-electron chi connectivity index (χ4n) is 1.97. The summed E-state index contributed by atoms with van der Waals surface area (Å²) >= 11 is 0. The molecule has 0 fully saturated rings. The number of benzene rings is 1. The van der Waals surface area contributed by atoms with E-state index in [0.29, 0.717) is 29.0 Å². The van der Waals surface area contributed by atoms with Crippen LogP contribution in [0.4, 0.5) is 4.39 Å². The van der Waals surface area contributed by atoms with Crippen molar-refractivity contribution in [1.29, 1.82) is 0 Å². The Morgan fingerprint density at radius 3 is 2.55 bits per heavy atom. The number of hydrogen-bond acceptors (Lipinski definition) is 4. The number of nitrogens with one attached hydrogen (secondary N) is 2. The van der Waals surface area contributed by atoms with E-state index in [0.717, 1.165) is 0 Å². The fourth-order valence-corrected chi connectivity index (χ4v) is 1.97. The van der Waals surface area contributed by atoms with Crippen molar-refractivity contribution in [3.63, 3.8) is 0 Å². The van der Waals surface area contributed by atoms with Crippen LogP contribution in [0.1, 0.15) is 34.3 Å². The van der Waals surface area contributed by atoms with Crippen molar-refractivity contribution in [1.82, 2.24) is 16.0 Å². The molecular formula is C15H16FN3O3. The number of aromatic nitrogens is 1. The van der Waals surface area contributed by atoms with Crippen molar-refractivity contribution in [2.24, 2.45) is 0 Å². The number of carbonyl (C=O) groups is 2. The third kappa shape index (κ3) is 3.69. The monoisotopic (exact) mass is 305 g/mol. The highest BCUT2D eigenvalue weighted by molar-refractivity contribution is 5.97. The normalized spacial score (nSPS) is 10.3. The zero-order chi connectivity index (χ0) is 16.1. The Morgan fingerprint density at radius 1 is 1.23 bits per heavy atom. The van der Waals surface area contributed by atoms with Gasteiger partial charge in [-0.1, -0.05) is 24.2 Å². The molecule has 2 N–H and O–H groups in total. The summed E-state index contributed by atoms with van der Waals surface area (Å²) in [5.74, 6) is -0.871. The zero-order valence-corrected chi connectivity index (χ0v) is 12.3. The molecule has 0 aliphatic heterocycles. The van der Waals surface area contributed by atoms with Crippen LogP contribution in [-0.2, 0) is 17.6 Å². The summed E-state index contributed by atoms with van der Waals surface area (Å²) in [6, 6.07) is 5.57. The number of aryl methyl sites for hydroxylation is 2. The molecule has 2 rings (SSSR count). The average molecular weight is 305 g/mol. The van der Waals surface area contributed by atoms with E-state index >= 15 is 0 Å². The summed E-state index contributed by atoms with van der Waals surface area (Å²) in [4.78, 5) is 23.8. The first-order valence-electron chi connectivity index (χ1n) is 6.80. The van der Waals surface area contributed by atoms with Gasteiger partial charge in [-0.2, -0.15) is 0 Å². The minimum Gasteiger partial charge on any atom is -0.361 e. The molecule has 0 saturated carbocycles. The maximum absolute atomic E-state index is 12.8. The van der Waals surface area contributed by atoms with Gasteiger partial charge in [-0.05, 0) is 31.0 Å². The Balaban J connectivity index is 1.92. The van der Waals surface area contributed by atoms with Crippen molar-refractivity contribution < 1.29 is 18.5 Å². The Bertz CT molecular complexity index is 680. The van der Waals surface area contributed by atoms with Crippen LogP contribution in [0.2, 0.25) is 0 Å². The van der Waals surface area contributed by atoms with Crippen LogP contribution >= 0.6 is 0 Å². The minimum atomic E-state index is -0.483. The van der Waals surface area contributed by atoms with Crippen LogP contribution in [0.15, 0.2) is 28.8 Å². The van der Waals surface area contributed by atoms with E-state index in [2.05, 4.69) is 16.0 Å². The third-order valence-corrected chi connectivity index (χ3v) is 3.09. The van der Waals surface area contributed by atoms with E-state index in [4.69, 9.17) is 4.52 Å². The second-order valence-electron chi connectivity index (χ2n) is 4.72. The molecule has 1 heterocycles. The summed E-state index contributed by atoms with van der Waals surface area (Å²) < 4.78 is 17.7. The molecule has 2 aromatic rings. The van der Waals surface area contributed by atoms with Crippen molar-refractivity contribution in [2.45, 2.75) is 26.7 Å². The quantitative estimate of drug-likeness (QED) is 0.842. The molecule has 6 nitrogen and oxygen atoms in total. The van der Waals surface area contributed by atoms with Gasteiger partial charge in [0.2, 0.25) is 5.91 Å². The summed E-state index contributed by atoms with van der Waals surface area (Å²) in [6.07, 6.45) is 0.577. The van der Waals surface area contributed by atoms with Gasteiger partial charge in [0, 0.05) is 0 Å². The van der Waals surface area contributed by atoms with Crippen molar-refractivity contribution in [2.75, 3.05) is 0 Å². The number of nitrogens with zero attached hydrogens (tertiary/aromatic N) is 1. The molecule has 1 aromatic carbocycles. The highest BCUT2D eigenvalue weighted by Gasteiger charge is 2.19. The largest absolute Gasteiger partial charge is 0.361 e. The summed E-state index contributed by atoms with van der Waals surface area (Å²) in [5.41, 5.74) is 6.13. The van der Waals surface area contributed by atoms with Gasteiger partial charge in [0.25, 0.3) is 5.91 Å². The molecule has 7 heteroatoms. The van der Waals surface area contributed by atoms with E-state index in [9.17, 15) is 14.0 Å². The molecule has 0 spiro atoms. The molecule has 22 heavy (non-hydrogen) atoms. The lowest BCUT2D eigenvalue weighted by Crippen LogP contribution is -2.42. The molecule has 0 aliphatic rings. The summed E-state index contributed by atoms with van der Waals surface area (Å²) in [5, 5.41) is 3.77. The second-order valence-corrected chi connectivity index (χ2v) is 4.72. The molecule has 0 radical (unpaired) electrons. The van der Waals surface area contributed by atoms with Gasteiger partial charge in [-0.3, -0.25) is 20.4 Å². The van der Waals surface area contributed by atoms with Crippen molar-refractivity contribution in [3.05, 3.63) is 52.7 Å². The standard InChI is InChI=1S/C15H16FN3O3/c1-3-12-14(9(2)22-19-12)15(21)18-17-13(20)8-10-4-6-11(16)7-5-10/h4-7H,3,8H2,1-2H3,(H,17,20)(H,18,21). The predicted octanol–water partition coefficient (Wildman–Crippen LogP) is 1.69. The van der Waals surface area contributed by atoms with E-state index in [1.165, 1.54) is 24.3 Å². The Kier molecular flexibility index (Phi) is 4.88. The first kappa shape index (κ1) is 15.7. The van der Waals surface area contributed by atoms with Gasteiger partial charge in [0.15, 0.2) is 0 Å². The average Bonchev–Trinajstić information content (AvgIpc) is 2.88. The van der Waals surface area contributed by atoms with Crippen LogP contribution in [0.5, 0.6) is 0 Å². The third-order valence-electron chi connectivity index (χ3n) is 3.09. The summed E-state index contributed by atoms with van der Waals surface area (Å²) in [6.45, 7) is 3.47. The first-order chi connectivity index (χ1) is 10.5. The first-order valence-corrected chi connectivity index (χ1v) is 6.80. The SMILES string of the molecule is CCc1noc(C)c1C(=O)NNC(=O)Cc1ccc(F)cc1. The van der Waals surface area contributed by atoms with Gasteiger partial charge in [-0.25, -0.2) is 4.39 Å². The Hall–Kier alpha value is -2.70. The van der Waals surface area contributed by atoms with Crippen LogP contribution in [-0.4, -0.2) is 17.0 Å². The number of rotatable bonds is 4. The molecule has 0 bridgehead atoms. The van der Waals surface area contributed by atoms with Gasteiger partial charge >= 0.3 is 0 Å². The molecule has 0 unspecified atom stereocenters. The molecule has 0 saturated heterocycles. The highest BCUT2D eigenvalue weighted by Crippen LogP contribution is 2.13. The lowest BCUT2D eigenvalue weighted by Gasteiger charge is -2.07. The lowest BCUT2D eigenvalue weighted by molar-refractivity contribution is -0.121. The van der Waals surface area contributed by atoms with Crippen molar-refractivity contribution >= 4 is 11.8 Å². The summed E-state index contributed by atoms with van der Waals surface area (Å²) in [7, 11) is 0. The zero-order valence-electron chi connectivity index (χ0n) is 12.3. The molecule has 0 aliphatic carbocycles. The Morgan fingerprint density at radius 2 is 1.91 bits per heavy atom. The van der Waals surface area contributed by atoms with E-state index in [1.807, 2.05) is 6.92 Å². The number of halogens is 1.